The number of hydrogen-bond acceptors (Lipinski definition) is 1. The van der Waals surface area contributed by atoms with Crippen LogP contribution in [0, 0.1) is 6.92 Å². The summed E-state index contributed by atoms with van der Waals surface area (Å²) in [6, 6.07) is 10.1. The van der Waals surface area contributed by atoms with Crippen molar-refractivity contribution in [2.24, 2.45) is 0 Å². The van der Waals surface area contributed by atoms with Crippen molar-refractivity contribution in [3.8, 4) is 0 Å². The van der Waals surface area contributed by atoms with Gasteiger partial charge in [0.05, 0.1) is 5.56 Å². The van der Waals surface area contributed by atoms with Crippen LogP contribution >= 0.6 is 0 Å². The monoisotopic (exact) mass is 212 g/mol. The SMILES string of the molecule is C=Cc1cc2ccccc2c(C)c1[N+](=C)O. The van der Waals surface area contributed by atoms with Crippen molar-refractivity contribution in [2.75, 3.05) is 0 Å². The van der Waals surface area contributed by atoms with Crippen molar-refractivity contribution < 1.29 is 9.95 Å². The molecule has 0 unspecified atom stereocenters. The fourth-order valence-electron chi connectivity index (χ4n) is 2.04. The third-order valence-electron chi connectivity index (χ3n) is 2.78. The highest BCUT2D eigenvalue weighted by Gasteiger charge is 2.17. The molecule has 0 aliphatic carbocycles. The molecule has 0 aliphatic rings. The Morgan fingerprint density at radius 2 is 2.00 bits per heavy atom. The van der Waals surface area contributed by atoms with Gasteiger partial charge in [-0.25, -0.2) is 0 Å². The van der Waals surface area contributed by atoms with Crippen LogP contribution in [0.5, 0.6) is 0 Å². The molecule has 0 saturated heterocycles. The number of rotatable bonds is 2. The molecule has 0 bridgehead atoms. The molecule has 16 heavy (non-hydrogen) atoms. The van der Waals surface area contributed by atoms with E-state index in [0.717, 1.165) is 26.6 Å². The average Bonchev–Trinajstić information content (AvgIpc) is 2.28. The van der Waals surface area contributed by atoms with Crippen LogP contribution in [0.25, 0.3) is 16.8 Å². The molecule has 80 valence electrons. The van der Waals surface area contributed by atoms with Crippen LogP contribution in [0.2, 0.25) is 0 Å². The predicted molar refractivity (Wildman–Crippen MR) is 67.6 cm³/mol. The number of fused-ring (bicyclic) bond motifs is 1. The van der Waals surface area contributed by atoms with Gasteiger partial charge in [-0.3, -0.25) is 5.21 Å². The van der Waals surface area contributed by atoms with E-state index in [2.05, 4.69) is 13.3 Å². The third kappa shape index (κ3) is 1.48. The van der Waals surface area contributed by atoms with Gasteiger partial charge in [0.2, 0.25) is 0 Å². The summed E-state index contributed by atoms with van der Waals surface area (Å²) >= 11 is 0. The van der Waals surface area contributed by atoms with E-state index in [-0.39, 0.29) is 0 Å². The number of nitrogens with zero attached hydrogens (tertiary/aromatic N) is 1. The highest BCUT2D eigenvalue weighted by atomic mass is 16.5. The topological polar surface area (TPSA) is 23.2 Å². The van der Waals surface area contributed by atoms with Crippen LogP contribution in [0.1, 0.15) is 11.1 Å². The molecule has 2 aromatic rings. The second kappa shape index (κ2) is 3.81. The first-order chi connectivity index (χ1) is 7.65. The highest BCUT2D eigenvalue weighted by Crippen LogP contribution is 2.31. The molecule has 2 aromatic carbocycles. The van der Waals surface area contributed by atoms with Crippen molar-refractivity contribution in [2.45, 2.75) is 6.92 Å². The summed E-state index contributed by atoms with van der Waals surface area (Å²) in [5.74, 6) is 0. The Balaban J connectivity index is 2.93. The Morgan fingerprint density at radius 3 is 2.62 bits per heavy atom. The Kier molecular flexibility index (Phi) is 2.49. The first-order valence-corrected chi connectivity index (χ1v) is 5.09. The van der Waals surface area contributed by atoms with Crippen LogP contribution in [0.4, 0.5) is 5.69 Å². The quantitative estimate of drug-likeness (QED) is 0.350. The molecule has 0 heterocycles. The van der Waals surface area contributed by atoms with Gasteiger partial charge in [0.1, 0.15) is 0 Å². The van der Waals surface area contributed by atoms with Crippen molar-refractivity contribution in [1.29, 1.82) is 0 Å². The zero-order valence-corrected chi connectivity index (χ0v) is 9.27. The maximum atomic E-state index is 9.55. The van der Waals surface area contributed by atoms with Crippen LogP contribution in [-0.4, -0.2) is 16.7 Å². The van der Waals surface area contributed by atoms with Gasteiger partial charge < -0.3 is 0 Å². The fraction of sp³-hybridized carbons (Fsp3) is 0.0714. The fourth-order valence-corrected chi connectivity index (χ4v) is 2.04. The normalized spacial score (nSPS) is 10.3. The smallest absolute Gasteiger partial charge is 0.267 e. The molecule has 0 aromatic heterocycles. The van der Waals surface area contributed by atoms with Crippen molar-refractivity contribution >= 4 is 29.3 Å². The highest BCUT2D eigenvalue weighted by molar-refractivity contribution is 5.92. The number of benzene rings is 2. The summed E-state index contributed by atoms with van der Waals surface area (Å²) in [7, 11) is 0. The molecule has 0 atom stereocenters. The zero-order chi connectivity index (χ0) is 11.7. The summed E-state index contributed by atoms with van der Waals surface area (Å²) in [4.78, 5) is 0. The van der Waals surface area contributed by atoms with Crippen LogP contribution in [-0.2, 0) is 0 Å². The van der Waals surface area contributed by atoms with E-state index in [9.17, 15) is 5.21 Å². The second-order valence-electron chi connectivity index (χ2n) is 3.76. The molecule has 2 heteroatoms. The van der Waals surface area contributed by atoms with E-state index in [4.69, 9.17) is 0 Å². The Labute approximate surface area is 94.7 Å². The minimum Gasteiger partial charge on any atom is -0.285 e. The number of hydrogen-bond donors (Lipinski definition) is 1. The van der Waals surface area contributed by atoms with Crippen molar-refractivity contribution in [3.05, 3.63) is 48.0 Å². The molecule has 0 fully saturated rings. The van der Waals surface area contributed by atoms with Crippen molar-refractivity contribution in [1.82, 2.24) is 0 Å². The summed E-state index contributed by atoms with van der Waals surface area (Å²) in [5.41, 5.74) is 2.59. The Morgan fingerprint density at radius 1 is 1.31 bits per heavy atom. The molecule has 1 N–H and O–H groups in total. The molecule has 0 spiro atoms. The minimum absolute atomic E-state index is 0.703. The predicted octanol–water partition coefficient (Wildman–Crippen LogP) is 3.53. The summed E-state index contributed by atoms with van der Waals surface area (Å²) in [6.45, 7) is 9.25. The van der Waals surface area contributed by atoms with E-state index in [1.165, 1.54) is 0 Å². The van der Waals surface area contributed by atoms with Crippen LogP contribution in [0.15, 0.2) is 36.9 Å². The van der Waals surface area contributed by atoms with Crippen LogP contribution in [0.3, 0.4) is 0 Å². The molecule has 0 saturated carbocycles. The number of aryl methyl sites for hydroxylation is 1. The van der Waals surface area contributed by atoms with Gasteiger partial charge in [-0.05, 0) is 23.8 Å². The van der Waals surface area contributed by atoms with Gasteiger partial charge in [-0.1, -0.05) is 36.9 Å². The van der Waals surface area contributed by atoms with Gasteiger partial charge in [0, 0.05) is 10.3 Å². The lowest BCUT2D eigenvalue weighted by Crippen LogP contribution is -1.99. The molecule has 2 nitrogen and oxygen atoms in total. The van der Waals surface area contributed by atoms with Gasteiger partial charge >= 0.3 is 0 Å². The first-order valence-electron chi connectivity index (χ1n) is 5.09. The largest absolute Gasteiger partial charge is 0.285 e. The standard InChI is InChI=1S/C14H14NO/c1-4-11-9-12-7-5-6-8-13(12)10(2)14(11)15(3)16/h4-9,16H,1,3H2,2H3/q+1. The van der Waals surface area contributed by atoms with Crippen LogP contribution < -0.4 is 0 Å². The lowest BCUT2D eigenvalue weighted by molar-refractivity contribution is -0.706. The summed E-state index contributed by atoms with van der Waals surface area (Å²) < 4.78 is 0.902. The molecule has 0 aliphatic heterocycles. The molecular formula is C14H14NO+. The first kappa shape index (κ1) is 10.4. The summed E-state index contributed by atoms with van der Waals surface area (Å²) in [5, 5.41) is 11.8. The average molecular weight is 212 g/mol. The van der Waals surface area contributed by atoms with E-state index in [0.29, 0.717) is 5.69 Å². The van der Waals surface area contributed by atoms with E-state index < -0.39 is 0 Å². The third-order valence-corrected chi connectivity index (χ3v) is 2.78. The van der Waals surface area contributed by atoms with Gasteiger partial charge in [-0.2, -0.15) is 0 Å². The molecule has 0 radical (unpaired) electrons. The minimum atomic E-state index is 0.703. The Hall–Kier alpha value is -2.09. The van der Waals surface area contributed by atoms with E-state index in [1.807, 2.05) is 37.3 Å². The molecular weight excluding hydrogens is 198 g/mol. The maximum absolute atomic E-state index is 9.55. The summed E-state index contributed by atoms with van der Waals surface area (Å²) in [6.07, 6.45) is 1.73. The zero-order valence-electron chi connectivity index (χ0n) is 9.27. The van der Waals surface area contributed by atoms with Gasteiger partial charge in [0.25, 0.3) is 5.69 Å². The molecule has 0 amide bonds. The Bertz CT molecular complexity index is 585. The van der Waals surface area contributed by atoms with Crippen molar-refractivity contribution in [3.63, 3.8) is 0 Å². The lowest BCUT2D eigenvalue weighted by atomic mass is 9.99. The molecule has 2 rings (SSSR count). The van der Waals surface area contributed by atoms with Gasteiger partial charge in [0.15, 0.2) is 6.72 Å². The lowest BCUT2D eigenvalue weighted by Gasteiger charge is -2.06. The maximum Gasteiger partial charge on any atom is 0.267 e. The second-order valence-corrected chi connectivity index (χ2v) is 3.76. The van der Waals surface area contributed by atoms with E-state index >= 15 is 0 Å². The van der Waals surface area contributed by atoms with Gasteiger partial charge in [-0.15, -0.1) is 0 Å². The van der Waals surface area contributed by atoms with E-state index in [1.54, 1.807) is 6.08 Å².